The van der Waals surface area contributed by atoms with Crippen LogP contribution in [0.3, 0.4) is 0 Å². The van der Waals surface area contributed by atoms with Crippen LogP contribution in [0.5, 0.6) is 0 Å². The predicted octanol–water partition coefficient (Wildman–Crippen LogP) is 2.31. The summed E-state index contributed by atoms with van der Waals surface area (Å²) in [5.41, 5.74) is 2.13. The number of nitrogens with zero attached hydrogens (tertiary/aromatic N) is 1. The van der Waals surface area contributed by atoms with Crippen LogP contribution < -0.4 is 5.32 Å². The van der Waals surface area contributed by atoms with Gasteiger partial charge in [-0.1, -0.05) is 0 Å². The van der Waals surface area contributed by atoms with Crippen molar-refractivity contribution < 1.29 is 18.0 Å². The topological polar surface area (TPSA) is 42.0 Å². The molecule has 0 radical (unpaired) electrons. The van der Waals surface area contributed by atoms with Crippen molar-refractivity contribution in [1.82, 2.24) is 10.3 Å². The van der Waals surface area contributed by atoms with Gasteiger partial charge in [-0.2, -0.15) is 13.2 Å². The molecule has 1 atom stereocenters. The molecule has 1 amide bonds. The maximum absolute atomic E-state index is 12.3. The smallest absolute Gasteiger partial charge is 0.344 e. The third-order valence-electron chi connectivity index (χ3n) is 2.37. The van der Waals surface area contributed by atoms with E-state index in [0.717, 1.165) is 18.3 Å². The number of carbonyl (C=O) groups is 1. The molecule has 1 heterocycles. The third-order valence-corrected chi connectivity index (χ3v) is 2.37. The molecule has 1 aromatic rings. The zero-order valence-electron chi connectivity index (χ0n) is 10.4. The van der Waals surface area contributed by atoms with Crippen LogP contribution in [0.15, 0.2) is 12.1 Å². The third kappa shape index (κ3) is 4.35. The normalized spacial score (nSPS) is 13.2. The molecule has 1 N–H and O–H groups in total. The van der Waals surface area contributed by atoms with E-state index in [9.17, 15) is 18.0 Å². The number of halogens is 3. The van der Waals surface area contributed by atoms with Gasteiger partial charge in [0.15, 0.2) is 0 Å². The summed E-state index contributed by atoms with van der Waals surface area (Å²) in [6, 6.07) is 1.53. The lowest BCUT2D eigenvalue weighted by Gasteiger charge is -2.17. The summed E-state index contributed by atoms with van der Waals surface area (Å²) in [6.45, 7) is 4.46. The van der Waals surface area contributed by atoms with Crippen LogP contribution in [0.4, 0.5) is 13.2 Å². The lowest BCUT2D eigenvalue weighted by Crippen LogP contribution is -2.43. The molecular weight excluding hydrogens is 245 g/mol. The van der Waals surface area contributed by atoms with Crippen molar-refractivity contribution in [1.29, 1.82) is 0 Å². The first-order chi connectivity index (χ1) is 8.18. The molecule has 0 fully saturated rings. The molecule has 0 aromatic carbocycles. The van der Waals surface area contributed by atoms with Gasteiger partial charge in [-0.15, -0.1) is 0 Å². The van der Waals surface area contributed by atoms with Crippen LogP contribution >= 0.6 is 0 Å². The summed E-state index contributed by atoms with van der Waals surface area (Å²) >= 11 is 0. The number of pyridine rings is 1. The second-order valence-electron chi connectivity index (χ2n) is 4.27. The fraction of sp³-hybridized carbons (Fsp3) is 0.500. The van der Waals surface area contributed by atoms with Crippen molar-refractivity contribution in [2.75, 3.05) is 0 Å². The zero-order valence-corrected chi connectivity index (χ0v) is 10.4. The van der Waals surface area contributed by atoms with Gasteiger partial charge in [0.1, 0.15) is 6.04 Å². The standard InChI is InChI=1S/C12H15F3N2O/c1-7-4-10(5-8(2)16-7)6-11(18)17-9(3)12(13,14)15/h4-5,9H,6H2,1-3H3,(H,17,18). The molecule has 3 nitrogen and oxygen atoms in total. The van der Waals surface area contributed by atoms with E-state index in [2.05, 4.69) is 4.98 Å². The van der Waals surface area contributed by atoms with Crippen molar-refractivity contribution in [3.8, 4) is 0 Å². The lowest BCUT2D eigenvalue weighted by atomic mass is 10.1. The summed E-state index contributed by atoms with van der Waals surface area (Å²) in [5.74, 6) is -0.648. The van der Waals surface area contributed by atoms with E-state index in [1.807, 2.05) is 5.32 Å². The Balaban J connectivity index is 2.65. The van der Waals surface area contributed by atoms with Gasteiger partial charge in [-0.3, -0.25) is 9.78 Å². The number of amides is 1. The second kappa shape index (κ2) is 5.37. The molecule has 0 aliphatic rings. The summed E-state index contributed by atoms with van der Waals surface area (Å²) < 4.78 is 36.8. The molecular formula is C12H15F3N2O. The minimum absolute atomic E-state index is 0.0788. The number of hydrogen-bond acceptors (Lipinski definition) is 2. The zero-order chi connectivity index (χ0) is 13.9. The highest BCUT2D eigenvalue weighted by Gasteiger charge is 2.36. The predicted molar refractivity (Wildman–Crippen MR) is 61.1 cm³/mol. The molecule has 1 unspecified atom stereocenters. The van der Waals surface area contributed by atoms with E-state index in [-0.39, 0.29) is 6.42 Å². The minimum Gasteiger partial charge on any atom is -0.344 e. The van der Waals surface area contributed by atoms with Crippen LogP contribution in [0.2, 0.25) is 0 Å². The molecule has 0 spiro atoms. The van der Waals surface area contributed by atoms with Crippen molar-refractivity contribution >= 4 is 5.91 Å². The molecule has 0 bridgehead atoms. The Morgan fingerprint density at radius 2 is 1.83 bits per heavy atom. The van der Waals surface area contributed by atoms with Crippen molar-refractivity contribution in [2.45, 2.75) is 39.4 Å². The van der Waals surface area contributed by atoms with Gasteiger partial charge in [0.25, 0.3) is 0 Å². The van der Waals surface area contributed by atoms with Crippen molar-refractivity contribution in [2.24, 2.45) is 0 Å². The van der Waals surface area contributed by atoms with Crippen molar-refractivity contribution in [3.05, 3.63) is 29.1 Å². The number of aromatic nitrogens is 1. The molecule has 6 heteroatoms. The SMILES string of the molecule is Cc1cc(CC(=O)NC(C)C(F)(F)F)cc(C)n1. The Morgan fingerprint density at radius 3 is 2.28 bits per heavy atom. The number of rotatable bonds is 3. The molecule has 18 heavy (non-hydrogen) atoms. The van der Waals surface area contributed by atoms with E-state index in [1.54, 1.807) is 26.0 Å². The summed E-state index contributed by atoms with van der Waals surface area (Å²) in [7, 11) is 0. The summed E-state index contributed by atoms with van der Waals surface area (Å²) in [4.78, 5) is 15.6. The Kier molecular flexibility index (Phi) is 4.32. The number of nitrogens with one attached hydrogen (secondary N) is 1. The maximum atomic E-state index is 12.3. The Morgan fingerprint density at radius 1 is 1.33 bits per heavy atom. The van der Waals surface area contributed by atoms with Gasteiger partial charge in [-0.25, -0.2) is 0 Å². The molecule has 0 aliphatic carbocycles. The fourth-order valence-electron chi connectivity index (χ4n) is 1.58. The molecule has 0 saturated carbocycles. The van der Waals surface area contributed by atoms with Gasteiger partial charge in [0, 0.05) is 11.4 Å². The number of alkyl halides is 3. The molecule has 100 valence electrons. The van der Waals surface area contributed by atoms with Crippen LogP contribution in [-0.4, -0.2) is 23.1 Å². The van der Waals surface area contributed by atoms with Gasteiger partial charge < -0.3 is 5.32 Å². The highest BCUT2D eigenvalue weighted by Crippen LogP contribution is 2.19. The Labute approximate surface area is 103 Å². The van der Waals surface area contributed by atoms with E-state index < -0.39 is 18.1 Å². The van der Waals surface area contributed by atoms with E-state index in [4.69, 9.17) is 0 Å². The molecule has 0 aliphatic heterocycles. The summed E-state index contributed by atoms with van der Waals surface area (Å²) in [6.07, 6.45) is -4.50. The number of carbonyl (C=O) groups excluding carboxylic acids is 1. The highest BCUT2D eigenvalue weighted by atomic mass is 19.4. The van der Waals surface area contributed by atoms with Gasteiger partial charge in [0.05, 0.1) is 6.42 Å². The van der Waals surface area contributed by atoms with Gasteiger partial charge >= 0.3 is 6.18 Å². The molecule has 0 saturated heterocycles. The average molecular weight is 260 g/mol. The second-order valence-corrected chi connectivity index (χ2v) is 4.27. The Bertz CT molecular complexity index is 423. The first kappa shape index (κ1) is 14.5. The van der Waals surface area contributed by atoms with E-state index in [1.165, 1.54) is 0 Å². The monoisotopic (exact) mass is 260 g/mol. The highest BCUT2D eigenvalue weighted by molar-refractivity contribution is 5.78. The maximum Gasteiger partial charge on any atom is 0.408 e. The van der Waals surface area contributed by atoms with Crippen LogP contribution in [0.1, 0.15) is 23.9 Å². The number of aryl methyl sites for hydroxylation is 2. The first-order valence-corrected chi connectivity index (χ1v) is 5.48. The summed E-state index contributed by atoms with van der Waals surface area (Å²) in [5, 5.41) is 1.92. The molecule has 1 aromatic heterocycles. The molecule has 1 rings (SSSR count). The van der Waals surface area contributed by atoms with Gasteiger partial charge in [0.2, 0.25) is 5.91 Å². The van der Waals surface area contributed by atoms with Crippen LogP contribution in [-0.2, 0) is 11.2 Å². The van der Waals surface area contributed by atoms with E-state index in [0.29, 0.717) is 5.56 Å². The van der Waals surface area contributed by atoms with Crippen LogP contribution in [0.25, 0.3) is 0 Å². The Hall–Kier alpha value is -1.59. The number of hydrogen-bond donors (Lipinski definition) is 1. The average Bonchev–Trinajstić information content (AvgIpc) is 2.13. The fourth-order valence-corrected chi connectivity index (χ4v) is 1.58. The van der Waals surface area contributed by atoms with Crippen molar-refractivity contribution in [3.63, 3.8) is 0 Å². The minimum atomic E-state index is -4.42. The lowest BCUT2D eigenvalue weighted by molar-refractivity contribution is -0.157. The quantitative estimate of drug-likeness (QED) is 0.906. The van der Waals surface area contributed by atoms with Gasteiger partial charge in [-0.05, 0) is 38.5 Å². The largest absolute Gasteiger partial charge is 0.408 e. The van der Waals surface area contributed by atoms with Crippen LogP contribution in [0, 0.1) is 13.8 Å². The first-order valence-electron chi connectivity index (χ1n) is 5.48. The van der Waals surface area contributed by atoms with E-state index >= 15 is 0 Å².